The third-order valence-corrected chi connectivity index (χ3v) is 3.49. The Labute approximate surface area is 147 Å². The van der Waals surface area contributed by atoms with Crippen molar-refractivity contribution in [2.45, 2.75) is 32.0 Å². The zero-order chi connectivity index (χ0) is 19.3. The molecule has 138 valence electrons. The van der Waals surface area contributed by atoms with Crippen molar-refractivity contribution in [3.8, 4) is 0 Å². The van der Waals surface area contributed by atoms with E-state index in [0.717, 1.165) is 6.07 Å². The number of carbonyl (C=O) groups excluding carboxylic acids is 1. The molecule has 0 spiro atoms. The largest absolute Gasteiger partial charge is 0.481 e. The second-order valence-electron chi connectivity index (χ2n) is 5.59. The highest BCUT2D eigenvalue weighted by molar-refractivity contribution is 5.92. The summed E-state index contributed by atoms with van der Waals surface area (Å²) in [5, 5.41) is 11.4. The third-order valence-electron chi connectivity index (χ3n) is 3.49. The molecule has 1 amide bonds. The highest BCUT2D eigenvalue weighted by atomic mass is 19.4. The lowest BCUT2D eigenvalue weighted by atomic mass is 10.0. The molecule has 0 saturated heterocycles. The van der Waals surface area contributed by atoms with E-state index >= 15 is 0 Å². The standard InChI is InChI=1S/C17H16F3N3O3/c1-10-9-13(23-16(21-10)17(18,19)20)15(26)22-12(7-8-14(24)25)11-5-3-2-4-6-11/h2-6,9,12H,7-8H2,1H3,(H,22,26)(H,24,25). The minimum Gasteiger partial charge on any atom is -0.481 e. The van der Waals surface area contributed by atoms with E-state index in [0.29, 0.717) is 5.56 Å². The van der Waals surface area contributed by atoms with Gasteiger partial charge in [-0.3, -0.25) is 9.59 Å². The number of aromatic nitrogens is 2. The Morgan fingerprint density at radius 3 is 2.42 bits per heavy atom. The number of halogens is 3. The molecule has 26 heavy (non-hydrogen) atoms. The number of aryl methyl sites for hydroxylation is 1. The molecule has 0 aliphatic carbocycles. The van der Waals surface area contributed by atoms with E-state index in [1.54, 1.807) is 30.3 Å². The van der Waals surface area contributed by atoms with E-state index in [9.17, 15) is 22.8 Å². The Balaban J connectivity index is 2.26. The van der Waals surface area contributed by atoms with Crippen molar-refractivity contribution in [2.75, 3.05) is 0 Å². The van der Waals surface area contributed by atoms with Crippen LogP contribution < -0.4 is 5.32 Å². The van der Waals surface area contributed by atoms with E-state index in [-0.39, 0.29) is 18.5 Å². The van der Waals surface area contributed by atoms with Crippen LogP contribution in [0.5, 0.6) is 0 Å². The van der Waals surface area contributed by atoms with Crippen molar-refractivity contribution < 1.29 is 27.9 Å². The van der Waals surface area contributed by atoms with Crippen LogP contribution >= 0.6 is 0 Å². The normalized spacial score (nSPS) is 12.5. The molecule has 2 N–H and O–H groups in total. The summed E-state index contributed by atoms with van der Waals surface area (Å²) in [6.45, 7) is 1.33. The van der Waals surface area contributed by atoms with Gasteiger partial charge in [0.15, 0.2) is 0 Å². The Morgan fingerprint density at radius 2 is 1.85 bits per heavy atom. The number of rotatable bonds is 6. The fraction of sp³-hybridized carbons (Fsp3) is 0.294. The lowest BCUT2D eigenvalue weighted by Crippen LogP contribution is -2.30. The van der Waals surface area contributed by atoms with Gasteiger partial charge in [0, 0.05) is 12.1 Å². The van der Waals surface area contributed by atoms with Gasteiger partial charge in [-0.1, -0.05) is 30.3 Å². The van der Waals surface area contributed by atoms with Gasteiger partial charge in [-0.2, -0.15) is 13.2 Å². The van der Waals surface area contributed by atoms with E-state index in [1.165, 1.54) is 6.92 Å². The lowest BCUT2D eigenvalue weighted by molar-refractivity contribution is -0.145. The van der Waals surface area contributed by atoms with Gasteiger partial charge in [0.2, 0.25) is 5.82 Å². The summed E-state index contributed by atoms with van der Waals surface area (Å²) < 4.78 is 38.5. The molecule has 1 aromatic heterocycles. The quantitative estimate of drug-likeness (QED) is 0.818. The van der Waals surface area contributed by atoms with Crippen molar-refractivity contribution in [3.63, 3.8) is 0 Å². The first-order valence-corrected chi connectivity index (χ1v) is 7.67. The maximum atomic E-state index is 12.8. The molecule has 1 heterocycles. The summed E-state index contributed by atoms with van der Waals surface area (Å²) in [6.07, 6.45) is -4.90. The number of hydrogen-bond acceptors (Lipinski definition) is 4. The predicted octanol–water partition coefficient (Wildman–Crippen LogP) is 3.14. The molecular weight excluding hydrogens is 351 g/mol. The zero-order valence-electron chi connectivity index (χ0n) is 13.7. The molecule has 2 aromatic rings. The van der Waals surface area contributed by atoms with Gasteiger partial charge in [0.05, 0.1) is 6.04 Å². The van der Waals surface area contributed by atoms with Crippen molar-refractivity contribution in [1.29, 1.82) is 0 Å². The number of aliphatic carboxylic acids is 1. The first-order chi connectivity index (χ1) is 12.2. The molecule has 6 nitrogen and oxygen atoms in total. The predicted molar refractivity (Wildman–Crippen MR) is 85.3 cm³/mol. The van der Waals surface area contributed by atoms with E-state index < -0.39 is 35.6 Å². The second kappa shape index (κ2) is 7.94. The average Bonchev–Trinajstić information content (AvgIpc) is 2.57. The molecule has 1 atom stereocenters. The summed E-state index contributed by atoms with van der Waals surface area (Å²) in [4.78, 5) is 29.8. The molecule has 0 fully saturated rings. The van der Waals surface area contributed by atoms with Crippen LogP contribution in [0.2, 0.25) is 0 Å². The summed E-state index contributed by atoms with van der Waals surface area (Å²) in [5.74, 6) is -3.28. The number of carboxylic acid groups (broad SMARTS) is 1. The second-order valence-corrected chi connectivity index (χ2v) is 5.59. The van der Waals surface area contributed by atoms with Crippen molar-refractivity contribution in [1.82, 2.24) is 15.3 Å². The number of hydrogen-bond donors (Lipinski definition) is 2. The minimum absolute atomic E-state index is 0.000674. The highest BCUT2D eigenvalue weighted by Gasteiger charge is 2.35. The first-order valence-electron chi connectivity index (χ1n) is 7.67. The summed E-state index contributed by atoms with van der Waals surface area (Å²) >= 11 is 0. The maximum Gasteiger partial charge on any atom is 0.451 e. The van der Waals surface area contributed by atoms with Gasteiger partial charge in [-0.25, -0.2) is 9.97 Å². The number of amides is 1. The molecule has 2 rings (SSSR count). The lowest BCUT2D eigenvalue weighted by Gasteiger charge is -2.18. The number of carbonyl (C=O) groups is 2. The van der Waals surface area contributed by atoms with Crippen LogP contribution in [0, 0.1) is 6.92 Å². The first kappa shape index (κ1) is 19.4. The van der Waals surface area contributed by atoms with E-state index in [2.05, 4.69) is 15.3 Å². The summed E-state index contributed by atoms with van der Waals surface area (Å²) in [5.41, 5.74) is 0.212. The summed E-state index contributed by atoms with van der Waals surface area (Å²) in [6, 6.07) is 9.03. The topological polar surface area (TPSA) is 92.2 Å². The van der Waals surface area contributed by atoms with Crippen LogP contribution in [-0.2, 0) is 11.0 Å². The fourth-order valence-corrected chi connectivity index (χ4v) is 2.32. The van der Waals surface area contributed by atoms with Gasteiger partial charge in [0.25, 0.3) is 5.91 Å². The number of alkyl halides is 3. The Morgan fingerprint density at radius 1 is 1.19 bits per heavy atom. The van der Waals surface area contributed by atoms with Crippen LogP contribution in [0.1, 0.15) is 46.5 Å². The minimum atomic E-state index is -4.77. The maximum absolute atomic E-state index is 12.8. The van der Waals surface area contributed by atoms with Crippen molar-refractivity contribution >= 4 is 11.9 Å². The van der Waals surface area contributed by atoms with Gasteiger partial charge in [-0.15, -0.1) is 0 Å². The van der Waals surface area contributed by atoms with Gasteiger partial charge in [-0.05, 0) is 25.0 Å². The molecule has 9 heteroatoms. The van der Waals surface area contributed by atoms with Gasteiger partial charge >= 0.3 is 12.1 Å². The number of nitrogens with one attached hydrogen (secondary N) is 1. The third kappa shape index (κ3) is 5.27. The van der Waals surface area contributed by atoms with E-state index in [1.807, 2.05) is 0 Å². The van der Waals surface area contributed by atoms with Crippen LogP contribution in [0.15, 0.2) is 36.4 Å². The van der Waals surface area contributed by atoms with Crippen molar-refractivity contribution in [2.24, 2.45) is 0 Å². The van der Waals surface area contributed by atoms with Gasteiger partial charge in [0.1, 0.15) is 5.69 Å². The van der Waals surface area contributed by atoms with E-state index in [4.69, 9.17) is 5.11 Å². The molecule has 0 radical (unpaired) electrons. The molecule has 0 aliphatic heterocycles. The molecular formula is C17H16F3N3O3. The molecule has 0 bridgehead atoms. The number of carboxylic acids is 1. The molecule has 1 aromatic carbocycles. The number of benzene rings is 1. The summed E-state index contributed by atoms with van der Waals surface area (Å²) in [7, 11) is 0. The Hall–Kier alpha value is -2.97. The number of nitrogens with zero attached hydrogens (tertiary/aromatic N) is 2. The Kier molecular flexibility index (Phi) is 5.91. The SMILES string of the molecule is Cc1cc(C(=O)NC(CCC(=O)O)c2ccccc2)nc(C(F)(F)F)n1. The molecule has 0 saturated carbocycles. The monoisotopic (exact) mass is 367 g/mol. The zero-order valence-corrected chi connectivity index (χ0v) is 13.7. The van der Waals surface area contributed by atoms with Crippen LogP contribution in [0.4, 0.5) is 13.2 Å². The van der Waals surface area contributed by atoms with Crippen LogP contribution in [0.25, 0.3) is 0 Å². The average molecular weight is 367 g/mol. The van der Waals surface area contributed by atoms with Crippen LogP contribution in [0.3, 0.4) is 0 Å². The Bertz CT molecular complexity index is 795. The smallest absolute Gasteiger partial charge is 0.451 e. The molecule has 1 unspecified atom stereocenters. The van der Waals surface area contributed by atoms with Gasteiger partial charge < -0.3 is 10.4 Å². The molecule has 0 aliphatic rings. The van der Waals surface area contributed by atoms with Crippen molar-refractivity contribution in [3.05, 3.63) is 59.2 Å². The highest BCUT2D eigenvalue weighted by Crippen LogP contribution is 2.26. The van der Waals surface area contributed by atoms with Crippen LogP contribution in [-0.4, -0.2) is 27.0 Å². The fourth-order valence-electron chi connectivity index (χ4n) is 2.32.